The Labute approximate surface area is 124 Å². The Morgan fingerprint density at radius 3 is 2.55 bits per heavy atom. The number of aryl methyl sites for hydroxylation is 1. The van der Waals surface area contributed by atoms with Crippen LogP contribution < -0.4 is 15.2 Å². The van der Waals surface area contributed by atoms with Crippen LogP contribution in [0.2, 0.25) is 0 Å². The van der Waals surface area contributed by atoms with Crippen molar-refractivity contribution in [3.63, 3.8) is 0 Å². The number of hydrogen-bond acceptors (Lipinski definition) is 3. The second kappa shape index (κ2) is 6.39. The Kier molecular flexibility index (Phi) is 4.58. The van der Waals surface area contributed by atoms with E-state index in [4.69, 9.17) is 27.4 Å². The predicted octanol–water partition coefficient (Wildman–Crippen LogP) is 3.22. The van der Waals surface area contributed by atoms with Gasteiger partial charge in [-0.2, -0.15) is 0 Å². The SMILES string of the molecule is COc1ccc(C(N)=S)cc1OCc1ccccc1C. The number of hydrogen-bond donors (Lipinski definition) is 1. The normalized spacial score (nSPS) is 10.1. The second-order valence-electron chi connectivity index (χ2n) is 4.45. The molecule has 0 heterocycles. The highest BCUT2D eigenvalue weighted by molar-refractivity contribution is 7.80. The van der Waals surface area contributed by atoms with Crippen LogP contribution in [-0.4, -0.2) is 12.1 Å². The van der Waals surface area contributed by atoms with Gasteiger partial charge in [0.1, 0.15) is 11.6 Å². The molecular formula is C16H17NO2S. The van der Waals surface area contributed by atoms with Crippen molar-refractivity contribution in [2.75, 3.05) is 7.11 Å². The molecule has 104 valence electrons. The predicted molar refractivity (Wildman–Crippen MR) is 84.4 cm³/mol. The zero-order valence-electron chi connectivity index (χ0n) is 11.6. The Balaban J connectivity index is 2.22. The van der Waals surface area contributed by atoms with Gasteiger partial charge in [-0.05, 0) is 36.2 Å². The Morgan fingerprint density at radius 2 is 1.90 bits per heavy atom. The molecule has 2 aromatic carbocycles. The van der Waals surface area contributed by atoms with Gasteiger partial charge in [-0.25, -0.2) is 0 Å². The van der Waals surface area contributed by atoms with Gasteiger partial charge in [-0.1, -0.05) is 36.5 Å². The number of thiocarbonyl (C=S) groups is 1. The topological polar surface area (TPSA) is 44.5 Å². The van der Waals surface area contributed by atoms with Gasteiger partial charge in [-0.3, -0.25) is 0 Å². The second-order valence-corrected chi connectivity index (χ2v) is 4.88. The molecule has 0 saturated carbocycles. The minimum absolute atomic E-state index is 0.341. The lowest BCUT2D eigenvalue weighted by Crippen LogP contribution is -2.09. The molecule has 0 saturated heterocycles. The van der Waals surface area contributed by atoms with E-state index in [2.05, 4.69) is 13.0 Å². The van der Waals surface area contributed by atoms with Crippen molar-refractivity contribution in [2.45, 2.75) is 13.5 Å². The quantitative estimate of drug-likeness (QED) is 0.858. The summed E-state index contributed by atoms with van der Waals surface area (Å²) in [6.45, 7) is 2.53. The Hall–Kier alpha value is -2.07. The number of ether oxygens (including phenoxy) is 2. The van der Waals surface area contributed by atoms with Crippen molar-refractivity contribution < 1.29 is 9.47 Å². The van der Waals surface area contributed by atoms with Gasteiger partial charge in [-0.15, -0.1) is 0 Å². The monoisotopic (exact) mass is 287 g/mol. The average Bonchev–Trinajstić information content (AvgIpc) is 2.46. The molecule has 2 rings (SSSR count). The molecule has 0 bridgehead atoms. The average molecular weight is 287 g/mol. The first-order valence-electron chi connectivity index (χ1n) is 6.27. The lowest BCUT2D eigenvalue weighted by atomic mass is 10.1. The fourth-order valence-corrected chi connectivity index (χ4v) is 2.00. The van der Waals surface area contributed by atoms with E-state index in [9.17, 15) is 0 Å². The number of methoxy groups -OCH3 is 1. The molecule has 0 radical (unpaired) electrons. The Morgan fingerprint density at radius 1 is 1.15 bits per heavy atom. The molecule has 0 aromatic heterocycles. The summed E-state index contributed by atoms with van der Waals surface area (Å²) in [6.07, 6.45) is 0. The van der Waals surface area contributed by atoms with E-state index < -0.39 is 0 Å². The first kappa shape index (κ1) is 14.3. The van der Waals surface area contributed by atoms with Crippen LogP contribution in [0.5, 0.6) is 11.5 Å². The molecular weight excluding hydrogens is 270 g/mol. The molecule has 0 aliphatic heterocycles. The van der Waals surface area contributed by atoms with Gasteiger partial charge in [0.25, 0.3) is 0 Å². The first-order chi connectivity index (χ1) is 9.61. The fourth-order valence-electron chi connectivity index (χ4n) is 1.87. The van der Waals surface area contributed by atoms with Crippen LogP contribution in [0.4, 0.5) is 0 Å². The third kappa shape index (κ3) is 3.27. The number of nitrogens with two attached hydrogens (primary N) is 1. The lowest BCUT2D eigenvalue weighted by molar-refractivity contribution is 0.284. The molecule has 0 atom stereocenters. The van der Waals surface area contributed by atoms with Crippen LogP contribution in [0.3, 0.4) is 0 Å². The summed E-state index contributed by atoms with van der Waals surface area (Å²) in [5, 5.41) is 0. The van der Waals surface area contributed by atoms with Crippen molar-refractivity contribution in [1.29, 1.82) is 0 Å². The maximum absolute atomic E-state index is 5.85. The Bertz CT molecular complexity index is 626. The molecule has 0 aliphatic carbocycles. The van der Waals surface area contributed by atoms with Crippen LogP contribution in [-0.2, 0) is 6.61 Å². The van der Waals surface area contributed by atoms with E-state index in [-0.39, 0.29) is 0 Å². The van der Waals surface area contributed by atoms with Crippen LogP contribution in [0.25, 0.3) is 0 Å². The largest absolute Gasteiger partial charge is 0.493 e. The molecule has 0 unspecified atom stereocenters. The smallest absolute Gasteiger partial charge is 0.162 e. The van der Waals surface area contributed by atoms with Gasteiger partial charge in [0.05, 0.1) is 7.11 Å². The zero-order chi connectivity index (χ0) is 14.5. The van der Waals surface area contributed by atoms with E-state index >= 15 is 0 Å². The number of rotatable bonds is 5. The van der Waals surface area contributed by atoms with Crippen molar-refractivity contribution in [3.05, 3.63) is 59.2 Å². The van der Waals surface area contributed by atoms with Crippen molar-refractivity contribution in [2.24, 2.45) is 5.73 Å². The van der Waals surface area contributed by atoms with E-state index in [1.807, 2.05) is 30.3 Å². The number of benzene rings is 2. The van der Waals surface area contributed by atoms with Crippen LogP contribution >= 0.6 is 12.2 Å². The highest BCUT2D eigenvalue weighted by Crippen LogP contribution is 2.29. The van der Waals surface area contributed by atoms with Crippen LogP contribution in [0, 0.1) is 6.92 Å². The van der Waals surface area contributed by atoms with Gasteiger partial charge in [0.2, 0.25) is 0 Å². The zero-order valence-corrected chi connectivity index (χ0v) is 12.4. The summed E-state index contributed by atoms with van der Waals surface area (Å²) in [5.74, 6) is 1.31. The summed E-state index contributed by atoms with van der Waals surface area (Å²) in [7, 11) is 1.61. The van der Waals surface area contributed by atoms with Gasteiger partial charge in [0, 0.05) is 5.56 Å². The maximum Gasteiger partial charge on any atom is 0.162 e. The minimum atomic E-state index is 0.341. The molecule has 0 spiro atoms. The molecule has 3 nitrogen and oxygen atoms in total. The van der Waals surface area contributed by atoms with E-state index in [0.717, 1.165) is 11.1 Å². The molecule has 0 fully saturated rings. The first-order valence-corrected chi connectivity index (χ1v) is 6.68. The minimum Gasteiger partial charge on any atom is -0.493 e. The van der Waals surface area contributed by atoms with Crippen LogP contribution in [0.15, 0.2) is 42.5 Å². The van der Waals surface area contributed by atoms with Crippen molar-refractivity contribution in [1.82, 2.24) is 0 Å². The van der Waals surface area contributed by atoms with E-state index in [1.165, 1.54) is 5.56 Å². The van der Waals surface area contributed by atoms with Gasteiger partial charge >= 0.3 is 0 Å². The third-order valence-electron chi connectivity index (χ3n) is 3.09. The summed E-state index contributed by atoms with van der Waals surface area (Å²) >= 11 is 4.98. The van der Waals surface area contributed by atoms with Gasteiger partial charge in [0.15, 0.2) is 11.5 Å². The van der Waals surface area contributed by atoms with E-state index in [0.29, 0.717) is 23.1 Å². The fraction of sp³-hybridized carbons (Fsp3) is 0.188. The van der Waals surface area contributed by atoms with E-state index in [1.54, 1.807) is 13.2 Å². The van der Waals surface area contributed by atoms with Crippen molar-refractivity contribution in [3.8, 4) is 11.5 Å². The molecule has 0 aliphatic rings. The maximum atomic E-state index is 5.85. The molecule has 0 amide bonds. The summed E-state index contributed by atoms with van der Waals surface area (Å²) in [4.78, 5) is 0.341. The molecule has 20 heavy (non-hydrogen) atoms. The van der Waals surface area contributed by atoms with Crippen molar-refractivity contribution >= 4 is 17.2 Å². The lowest BCUT2D eigenvalue weighted by Gasteiger charge is -2.13. The third-order valence-corrected chi connectivity index (χ3v) is 3.33. The van der Waals surface area contributed by atoms with Gasteiger partial charge < -0.3 is 15.2 Å². The molecule has 2 N–H and O–H groups in total. The van der Waals surface area contributed by atoms with Crippen LogP contribution in [0.1, 0.15) is 16.7 Å². The summed E-state index contributed by atoms with van der Waals surface area (Å²) in [5.41, 5.74) is 8.73. The highest BCUT2D eigenvalue weighted by atomic mass is 32.1. The molecule has 2 aromatic rings. The highest BCUT2D eigenvalue weighted by Gasteiger charge is 2.08. The summed E-state index contributed by atoms with van der Waals surface area (Å²) < 4.78 is 11.1. The summed E-state index contributed by atoms with van der Waals surface area (Å²) in [6, 6.07) is 13.5. The molecule has 4 heteroatoms. The standard InChI is InChI=1S/C16H17NO2S/c1-11-5-3-4-6-13(11)10-19-15-9-12(16(17)20)7-8-14(15)18-2/h3-9H,10H2,1-2H3,(H2,17,20).